The van der Waals surface area contributed by atoms with Gasteiger partial charge in [-0.2, -0.15) is 5.10 Å². The van der Waals surface area contributed by atoms with E-state index in [-0.39, 0.29) is 18.1 Å². The van der Waals surface area contributed by atoms with Crippen molar-refractivity contribution in [3.63, 3.8) is 0 Å². The van der Waals surface area contributed by atoms with Crippen LogP contribution in [0.4, 0.5) is 5.69 Å². The molecule has 1 aromatic heterocycles. The molecule has 0 unspecified atom stereocenters. The second-order valence-electron chi connectivity index (χ2n) is 4.40. The average Bonchev–Trinajstić information content (AvgIpc) is 2.74. The van der Waals surface area contributed by atoms with Crippen molar-refractivity contribution in [2.45, 2.75) is 20.3 Å². The quantitative estimate of drug-likeness (QED) is 0.824. The number of nitrogens with zero attached hydrogens (tertiary/aromatic N) is 1. The normalized spacial score (nSPS) is 10.2. The molecule has 0 aliphatic rings. The number of hydrogen-bond donors (Lipinski definition) is 2. The van der Waals surface area contributed by atoms with Gasteiger partial charge in [0.1, 0.15) is 0 Å². The van der Waals surface area contributed by atoms with Gasteiger partial charge in [-0.15, -0.1) is 0 Å². The monoisotopic (exact) mass is 257 g/mol. The number of amides is 1. The highest BCUT2D eigenvalue weighted by atomic mass is 16.1. The van der Waals surface area contributed by atoms with E-state index in [1.54, 1.807) is 24.3 Å². The van der Waals surface area contributed by atoms with Crippen molar-refractivity contribution in [2.75, 3.05) is 5.32 Å². The molecule has 0 atom stereocenters. The van der Waals surface area contributed by atoms with Crippen molar-refractivity contribution in [3.8, 4) is 0 Å². The average molecular weight is 257 g/mol. The summed E-state index contributed by atoms with van der Waals surface area (Å²) < 4.78 is 0. The summed E-state index contributed by atoms with van der Waals surface area (Å²) in [7, 11) is 0. The van der Waals surface area contributed by atoms with E-state index in [1.165, 1.54) is 6.92 Å². The zero-order valence-corrected chi connectivity index (χ0v) is 10.9. The number of carbonyl (C=O) groups excluding carboxylic acids is 2. The summed E-state index contributed by atoms with van der Waals surface area (Å²) >= 11 is 0. The van der Waals surface area contributed by atoms with E-state index in [4.69, 9.17) is 0 Å². The van der Waals surface area contributed by atoms with Crippen LogP contribution in [-0.4, -0.2) is 21.9 Å². The van der Waals surface area contributed by atoms with Gasteiger partial charge in [-0.25, -0.2) is 0 Å². The minimum absolute atomic E-state index is 0.0287. The van der Waals surface area contributed by atoms with Crippen LogP contribution >= 0.6 is 0 Å². The summed E-state index contributed by atoms with van der Waals surface area (Å²) in [6, 6.07) is 8.70. The van der Waals surface area contributed by atoms with Gasteiger partial charge < -0.3 is 5.32 Å². The number of Topliss-reactive ketones (excluding diaryl/α,β-unsaturated/α-hetero) is 1. The SMILES string of the molecule is CC(=O)c1cccc(NC(=O)Cc2cc(C)[nH]n2)c1. The van der Waals surface area contributed by atoms with E-state index in [2.05, 4.69) is 15.5 Å². The number of ketones is 1. The lowest BCUT2D eigenvalue weighted by Gasteiger charge is -2.05. The number of aromatic amines is 1. The molecule has 2 rings (SSSR count). The first-order valence-electron chi connectivity index (χ1n) is 5.96. The number of rotatable bonds is 4. The molecule has 98 valence electrons. The Labute approximate surface area is 111 Å². The first-order chi connectivity index (χ1) is 9.04. The van der Waals surface area contributed by atoms with E-state index >= 15 is 0 Å². The summed E-state index contributed by atoms with van der Waals surface area (Å²) in [4.78, 5) is 23.1. The standard InChI is InChI=1S/C14H15N3O2/c1-9-6-13(17-16-9)8-14(19)15-12-5-3-4-11(7-12)10(2)18/h3-7H,8H2,1-2H3,(H,15,19)(H,16,17). The number of aryl methyl sites for hydroxylation is 1. The molecule has 1 heterocycles. The molecule has 19 heavy (non-hydrogen) atoms. The molecule has 0 bridgehead atoms. The molecular weight excluding hydrogens is 242 g/mol. The summed E-state index contributed by atoms with van der Waals surface area (Å²) in [5.74, 6) is -0.189. The topological polar surface area (TPSA) is 74.8 Å². The molecule has 0 spiro atoms. The van der Waals surface area contributed by atoms with Gasteiger partial charge in [0.2, 0.25) is 5.91 Å². The molecule has 0 fully saturated rings. The number of H-pyrrole nitrogens is 1. The summed E-state index contributed by atoms with van der Waals surface area (Å²) in [6.07, 6.45) is 0.203. The Kier molecular flexibility index (Phi) is 3.75. The summed E-state index contributed by atoms with van der Waals surface area (Å²) in [6.45, 7) is 3.37. The second-order valence-corrected chi connectivity index (χ2v) is 4.40. The van der Waals surface area contributed by atoms with E-state index in [1.807, 2.05) is 13.0 Å². The third-order valence-electron chi connectivity index (χ3n) is 2.65. The van der Waals surface area contributed by atoms with Crippen LogP contribution in [0.15, 0.2) is 30.3 Å². The third kappa shape index (κ3) is 3.51. The predicted molar refractivity (Wildman–Crippen MR) is 72.1 cm³/mol. The Hall–Kier alpha value is -2.43. The minimum atomic E-state index is -0.160. The highest BCUT2D eigenvalue weighted by Gasteiger charge is 2.07. The van der Waals surface area contributed by atoms with Gasteiger partial charge in [0.25, 0.3) is 0 Å². The molecule has 0 saturated heterocycles. The largest absolute Gasteiger partial charge is 0.326 e. The second kappa shape index (κ2) is 5.48. The van der Waals surface area contributed by atoms with Crippen LogP contribution < -0.4 is 5.32 Å². The van der Waals surface area contributed by atoms with E-state index in [9.17, 15) is 9.59 Å². The highest BCUT2D eigenvalue weighted by Crippen LogP contribution is 2.11. The molecule has 1 amide bonds. The first kappa shape index (κ1) is 13.0. The Morgan fingerprint density at radius 1 is 1.32 bits per heavy atom. The molecule has 0 saturated carbocycles. The number of carbonyl (C=O) groups is 2. The smallest absolute Gasteiger partial charge is 0.230 e. The fraction of sp³-hybridized carbons (Fsp3) is 0.214. The fourth-order valence-corrected chi connectivity index (χ4v) is 1.75. The van der Waals surface area contributed by atoms with Gasteiger partial charge in [0.05, 0.1) is 12.1 Å². The van der Waals surface area contributed by atoms with E-state index in [0.717, 1.165) is 5.69 Å². The van der Waals surface area contributed by atoms with Crippen molar-refractivity contribution in [2.24, 2.45) is 0 Å². The molecule has 0 radical (unpaired) electrons. The molecular formula is C14H15N3O2. The van der Waals surface area contributed by atoms with Gasteiger partial charge in [0.15, 0.2) is 5.78 Å². The fourth-order valence-electron chi connectivity index (χ4n) is 1.75. The van der Waals surface area contributed by atoms with E-state index in [0.29, 0.717) is 16.9 Å². The van der Waals surface area contributed by atoms with Gasteiger partial charge in [-0.1, -0.05) is 12.1 Å². The van der Waals surface area contributed by atoms with Crippen molar-refractivity contribution >= 4 is 17.4 Å². The predicted octanol–water partition coefficient (Wildman–Crippen LogP) is 2.10. The molecule has 0 aliphatic carbocycles. The van der Waals surface area contributed by atoms with Crippen LogP contribution in [0.5, 0.6) is 0 Å². The van der Waals surface area contributed by atoms with Crippen molar-refractivity contribution in [3.05, 3.63) is 47.3 Å². The van der Waals surface area contributed by atoms with Crippen LogP contribution in [-0.2, 0) is 11.2 Å². The van der Waals surface area contributed by atoms with Crippen molar-refractivity contribution < 1.29 is 9.59 Å². The Bertz CT molecular complexity index is 617. The summed E-state index contributed by atoms with van der Waals surface area (Å²) in [5.41, 5.74) is 2.80. The molecule has 2 N–H and O–H groups in total. The molecule has 2 aromatic rings. The molecule has 5 nitrogen and oxygen atoms in total. The van der Waals surface area contributed by atoms with Gasteiger partial charge in [-0.3, -0.25) is 14.7 Å². The Morgan fingerprint density at radius 3 is 2.74 bits per heavy atom. The Morgan fingerprint density at radius 2 is 2.11 bits per heavy atom. The molecule has 0 aliphatic heterocycles. The van der Waals surface area contributed by atoms with Crippen molar-refractivity contribution in [1.82, 2.24) is 10.2 Å². The third-order valence-corrected chi connectivity index (χ3v) is 2.65. The van der Waals surface area contributed by atoms with Crippen LogP contribution in [0.3, 0.4) is 0 Å². The molecule has 1 aromatic carbocycles. The number of anilines is 1. The zero-order valence-electron chi connectivity index (χ0n) is 10.9. The number of benzene rings is 1. The number of hydrogen-bond acceptors (Lipinski definition) is 3. The van der Waals surface area contributed by atoms with Crippen molar-refractivity contribution in [1.29, 1.82) is 0 Å². The van der Waals surface area contributed by atoms with Crippen LogP contribution in [0.25, 0.3) is 0 Å². The maximum absolute atomic E-state index is 11.8. The van der Waals surface area contributed by atoms with Crippen LogP contribution in [0.2, 0.25) is 0 Å². The van der Waals surface area contributed by atoms with Gasteiger partial charge in [0, 0.05) is 16.9 Å². The minimum Gasteiger partial charge on any atom is -0.326 e. The zero-order chi connectivity index (χ0) is 13.8. The highest BCUT2D eigenvalue weighted by molar-refractivity contribution is 5.97. The number of aromatic nitrogens is 2. The number of nitrogens with one attached hydrogen (secondary N) is 2. The van der Waals surface area contributed by atoms with Crippen LogP contribution in [0.1, 0.15) is 28.7 Å². The lowest BCUT2D eigenvalue weighted by Crippen LogP contribution is -2.14. The first-order valence-corrected chi connectivity index (χ1v) is 5.96. The van der Waals surface area contributed by atoms with E-state index < -0.39 is 0 Å². The summed E-state index contributed by atoms with van der Waals surface area (Å²) in [5, 5.41) is 9.54. The molecule has 5 heteroatoms. The lowest BCUT2D eigenvalue weighted by molar-refractivity contribution is -0.115. The Balaban J connectivity index is 2.02. The maximum atomic E-state index is 11.8. The van der Waals surface area contributed by atoms with Gasteiger partial charge >= 0.3 is 0 Å². The maximum Gasteiger partial charge on any atom is 0.230 e. The van der Waals surface area contributed by atoms with Crippen LogP contribution in [0, 0.1) is 6.92 Å². The lowest BCUT2D eigenvalue weighted by atomic mass is 10.1. The van der Waals surface area contributed by atoms with Gasteiger partial charge in [-0.05, 0) is 32.0 Å².